The molecule has 0 amide bonds. The number of rotatable bonds is 9. The van der Waals surface area contributed by atoms with Gasteiger partial charge in [0.2, 0.25) is 0 Å². The lowest BCUT2D eigenvalue weighted by Gasteiger charge is -2.36. The summed E-state index contributed by atoms with van der Waals surface area (Å²) in [5, 5.41) is 2.57. The fourth-order valence-corrected chi connectivity index (χ4v) is 12.6. The van der Waals surface area contributed by atoms with Crippen LogP contribution in [0.15, 0.2) is 24.3 Å². The Bertz CT molecular complexity index is 938. The molecule has 0 spiro atoms. The zero-order valence-corrected chi connectivity index (χ0v) is 26.2. The number of hydrogen-bond donors (Lipinski definition) is 0. The Morgan fingerprint density at radius 2 is 1.00 bits per heavy atom. The first-order valence-electron chi connectivity index (χ1n) is 12.4. The fourth-order valence-electron chi connectivity index (χ4n) is 4.17. The van der Waals surface area contributed by atoms with Crippen LogP contribution in [-0.2, 0) is 20.3 Å². The highest BCUT2D eigenvalue weighted by molar-refractivity contribution is 8.04. The van der Waals surface area contributed by atoms with Crippen LogP contribution >= 0.6 is 7.47 Å². The van der Waals surface area contributed by atoms with Crippen LogP contribution in [0.4, 0.5) is 0 Å². The second kappa shape index (κ2) is 11.3. The smallest absolute Gasteiger partial charge is 0.188 e. The van der Waals surface area contributed by atoms with Crippen LogP contribution in [-0.4, -0.2) is 35.5 Å². The first-order chi connectivity index (χ1) is 16.0. The molecule has 0 N–H and O–H groups in total. The van der Waals surface area contributed by atoms with E-state index in [0.717, 1.165) is 22.6 Å². The van der Waals surface area contributed by atoms with E-state index in [9.17, 15) is 0 Å². The second-order valence-corrected chi connectivity index (χ2v) is 23.7. The van der Waals surface area contributed by atoms with Crippen LogP contribution in [0.5, 0.6) is 11.5 Å². The van der Waals surface area contributed by atoms with Crippen molar-refractivity contribution in [3.05, 3.63) is 46.5 Å². The lowest BCUT2D eigenvalue weighted by molar-refractivity contribution is 0.0513. The Kier molecular flexibility index (Phi) is 9.66. The SMILES string of the molecule is COCOc1c(C)cc(C(C)(C)C)cc1P(c1cc(C(C)(C)C)cc(C)c1OCOC)[Si](C)(C)C. The van der Waals surface area contributed by atoms with E-state index in [-0.39, 0.29) is 24.4 Å². The lowest BCUT2D eigenvalue weighted by atomic mass is 9.86. The maximum Gasteiger partial charge on any atom is 0.188 e. The van der Waals surface area contributed by atoms with Gasteiger partial charge in [-0.2, -0.15) is 0 Å². The third-order valence-corrected chi connectivity index (χ3v) is 14.5. The Balaban J connectivity index is 2.99. The van der Waals surface area contributed by atoms with E-state index in [1.165, 1.54) is 21.7 Å². The summed E-state index contributed by atoms with van der Waals surface area (Å²) < 4.78 is 23.2. The molecule has 0 atom stereocenters. The maximum atomic E-state index is 6.28. The van der Waals surface area contributed by atoms with Crippen molar-refractivity contribution in [3.8, 4) is 11.5 Å². The number of methoxy groups -OCH3 is 2. The molecule has 0 saturated carbocycles. The number of hydrogen-bond acceptors (Lipinski definition) is 4. The molecule has 0 aliphatic heterocycles. The van der Waals surface area contributed by atoms with Crippen LogP contribution < -0.4 is 20.1 Å². The van der Waals surface area contributed by atoms with Crippen molar-refractivity contribution in [2.45, 2.75) is 85.9 Å². The maximum absolute atomic E-state index is 6.28. The summed E-state index contributed by atoms with van der Waals surface area (Å²) in [5.41, 5.74) is 5.00. The third-order valence-electron chi connectivity index (χ3n) is 6.04. The molecule has 0 radical (unpaired) electrons. The largest absolute Gasteiger partial charge is 0.467 e. The molecular formula is C29H47O4PSi. The Morgan fingerprint density at radius 1 is 0.657 bits per heavy atom. The molecule has 6 heteroatoms. The fraction of sp³-hybridized carbons (Fsp3) is 0.586. The molecule has 0 aliphatic carbocycles. The van der Waals surface area contributed by atoms with Crippen LogP contribution in [0.25, 0.3) is 0 Å². The zero-order chi connectivity index (χ0) is 26.8. The lowest BCUT2D eigenvalue weighted by Crippen LogP contribution is -2.34. The van der Waals surface area contributed by atoms with Crippen molar-refractivity contribution in [1.29, 1.82) is 0 Å². The van der Waals surface area contributed by atoms with Crippen LogP contribution in [0.1, 0.15) is 63.8 Å². The van der Waals surface area contributed by atoms with Crippen LogP contribution in [0.3, 0.4) is 0 Å². The predicted molar refractivity (Wildman–Crippen MR) is 154 cm³/mol. The van der Waals surface area contributed by atoms with Gasteiger partial charge in [-0.1, -0.05) is 80.8 Å². The highest BCUT2D eigenvalue weighted by Gasteiger charge is 2.36. The van der Waals surface area contributed by atoms with E-state index in [0.29, 0.717) is 0 Å². The Labute approximate surface area is 216 Å². The quantitative estimate of drug-likeness (QED) is 0.201. The van der Waals surface area contributed by atoms with Crippen molar-refractivity contribution < 1.29 is 18.9 Å². The molecule has 0 fully saturated rings. The van der Waals surface area contributed by atoms with Crippen LogP contribution in [0, 0.1) is 13.8 Å². The highest BCUT2D eigenvalue weighted by Crippen LogP contribution is 2.51. The van der Waals surface area contributed by atoms with Crippen LogP contribution in [0.2, 0.25) is 19.6 Å². The number of aryl methyl sites for hydroxylation is 2. The summed E-state index contributed by atoms with van der Waals surface area (Å²) in [6.45, 7) is 25.8. The minimum atomic E-state index is -1.80. The van der Waals surface area contributed by atoms with Gasteiger partial charge in [0, 0.05) is 24.8 Å². The van der Waals surface area contributed by atoms with Gasteiger partial charge < -0.3 is 18.9 Å². The van der Waals surface area contributed by atoms with Crippen molar-refractivity contribution in [2.75, 3.05) is 27.8 Å². The summed E-state index contributed by atoms with van der Waals surface area (Å²) in [4.78, 5) is 0. The summed E-state index contributed by atoms with van der Waals surface area (Å²) in [5.74, 6) is 1.90. The minimum absolute atomic E-state index is 0.0261. The van der Waals surface area contributed by atoms with Crippen molar-refractivity contribution in [3.63, 3.8) is 0 Å². The predicted octanol–water partition coefficient (Wildman–Crippen LogP) is 7.13. The standard InChI is InChI=1S/C29H47O4PSi/c1-20-14-22(28(3,4)5)16-24(26(20)32-18-30-9)34(35(11,12)13)25-17-23(29(6,7)8)15-21(2)27(25)33-19-31-10/h14-17H,18-19H2,1-13H3. The van der Waals surface area contributed by atoms with Crippen molar-refractivity contribution in [1.82, 2.24) is 0 Å². The molecule has 0 bridgehead atoms. The second-order valence-electron chi connectivity index (χ2n) is 12.4. The van der Waals surface area contributed by atoms with E-state index in [1.54, 1.807) is 14.2 Å². The molecule has 196 valence electrons. The third kappa shape index (κ3) is 7.32. The van der Waals surface area contributed by atoms with Gasteiger partial charge in [0.1, 0.15) is 11.5 Å². The van der Waals surface area contributed by atoms with Crippen molar-refractivity contribution in [2.24, 2.45) is 0 Å². The molecular weight excluding hydrogens is 471 g/mol. The minimum Gasteiger partial charge on any atom is -0.467 e. The van der Waals surface area contributed by atoms with Gasteiger partial charge >= 0.3 is 0 Å². The summed E-state index contributed by atoms with van der Waals surface area (Å²) in [6, 6.07) is 9.32. The normalized spacial score (nSPS) is 12.9. The number of benzene rings is 2. The monoisotopic (exact) mass is 518 g/mol. The molecule has 0 heterocycles. The average molecular weight is 519 g/mol. The molecule has 0 aromatic heterocycles. The summed E-state index contributed by atoms with van der Waals surface area (Å²) >= 11 is 0. The van der Waals surface area contributed by atoms with E-state index >= 15 is 0 Å². The topological polar surface area (TPSA) is 36.9 Å². The molecule has 0 saturated heterocycles. The molecule has 2 aromatic rings. The molecule has 35 heavy (non-hydrogen) atoms. The van der Waals surface area contributed by atoms with E-state index in [4.69, 9.17) is 18.9 Å². The molecule has 0 unspecified atom stereocenters. The van der Waals surface area contributed by atoms with E-state index in [2.05, 4.69) is 99.3 Å². The Hall–Kier alpha value is -1.39. The first-order valence-corrected chi connectivity index (χ1v) is 18.0. The van der Waals surface area contributed by atoms with E-state index < -0.39 is 15.2 Å². The first kappa shape index (κ1) is 29.8. The van der Waals surface area contributed by atoms with Gasteiger partial charge in [0.25, 0.3) is 0 Å². The highest BCUT2D eigenvalue weighted by atomic mass is 31.4. The molecule has 0 aliphatic rings. The van der Waals surface area contributed by atoms with Gasteiger partial charge in [-0.05, 0) is 59.1 Å². The van der Waals surface area contributed by atoms with Gasteiger partial charge in [-0.3, -0.25) is 0 Å². The van der Waals surface area contributed by atoms with Gasteiger partial charge in [0.15, 0.2) is 13.6 Å². The van der Waals surface area contributed by atoms with Gasteiger partial charge in [0.05, 0.1) is 7.74 Å². The van der Waals surface area contributed by atoms with Gasteiger partial charge in [-0.25, -0.2) is 0 Å². The number of ether oxygens (including phenoxy) is 4. The molecule has 2 rings (SSSR count). The van der Waals surface area contributed by atoms with Crippen molar-refractivity contribution >= 4 is 25.8 Å². The Morgan fingerprint density at radius 3 is 1.26 bits per heavy atom. The molecule has 2 aromatic carbocycles. The van der Waals surface area contributed by atoms with E-state index in [1.807, 2.05) is 0 Å². The molecule has 4 nitrogen and oxygen atoms in total. The summed E-state index contributed by atoms with van der Waals surface area (Å²) in [7, 11) is 0.802. The zero-order valence-electron chi connectivity index (χ0n) is 24.3. The average Bonchev–Trinajstić information content (AvgIpc) is 2.70. The summed E-state index contributed by atoms with van der Waals surface area (Å²) in [6.07, 6.45) is 0. The van der Waals surface area contributed by atoms with Gasteiger partial charge in [-0.15, -0.1) is 0 Å².